The van der Waals surface area contributed by atoms with Crippen LogP contribution < -0.4 is 0 Å². The lowest BCUT2D eigenvalue weighted by atomic mass is 10.2. The lowest BCUT2D eigenvalue weighted by molar-refractivity contribution is 0.210. The third-order valence-corrected chi connectivity index (χ3v) is 5.28. The maximum Gasteiger partial charge on any atom is 0.511 e. The molecule has 0 atom stereocenters. The number of hydrogen-bond donors (Lipinski definition) is 0. The number of rotatable bonds is 4. The average molecular weight is 320 g/mol. The van der Waals surface area contributed by atoms with Gasteiger partial charge in [0.1, 0.15) is 0 Å². The summed E-state index contributed by atoms with van der Waals surface area (Å²) in [6.45, 7) is 4.93. The van der Waals surface area contributed by atoms with E-state index in [0.29, 0.717) is 13.2 Å². The molecular formula is C20H20O2Si. The van der Waals surface area contributed by atoms with Crippen LogP contribution in [-0.2, 0) is 8.85 Å². The van der Waals surface area contributed by atoms with Crippen molar-refractivity contribution in [2.45, 2.75) is 13.8 Å². The number of benzene rings is 2. The third kappa shape index (κ3) is 5.43. The van der Waals surface area contributed by atoms with Gasteiger partial charge in [0.2, 0.25) is 0 Å². The molecule has 0 aliphatic rings. The van der Waals surface area contributed by atoms with Crippen molar-refractivity contribution in [2.24, 2.45) is 0 Å². The minimum Gasteiger partial charge on any atom is -0.376 e. The molecule has 2 aromatic carbocycles. The first kappa shape index (κ1) is 17.1. The monoisotopic (exact) mass is 320 g/mol. The summed E-state index contributed by atoms with van der Waals surface area (Å²) in [5.41, 5.74) is 8.26. The fourth-order valence-electron chi connectivity index (χ4n) is 1.98. The van der Waals surface area contributed by atoms with Crippen molar-refractivity contribution in [2.75, 3.05) is 13.2 Å². The van der Waals surface area contributed by atoms with Crippen LogP contribution >= 0.6 is 0 Å². The second kappa shape index (κ2) is 8.98. The Bertz CT molecular complexity index is 653. The highest BCUT2D eigenvalue weighted by Crippen LogP contribution is 2.08. The van der Waals surface area contributed by atoms with Crippen LogP contribution in [0.2, 0.25) is 0 Å². The normalized spacial score (nSPS) is 10.2. The smallest absolute Gasteiger partial charge is 0.376 e. The molecule has 0 N–H and O–H groups in total. The van der Waals surface area contributed by atoms with E-state index in [9.17, 15) is 0 Å². The molecule has 2 nitrogen and oxygen atoms in total. The van der Waals surface area contributed by atoms with Crippen LogP contribution in [0.3, 0.4) is 0 Å². The molecular weight excluding hydrogens is 300 g/mol. The van der Waals surface area contributed by atoms with Crippen molar-refractivity contribution in [3.63, 3.8) is 0 Å². The molecule has 23 heavy (non-hydrogen) atoms. The topological polar surface area (TPSA) is 18.5 Å². The van der Waals surface area contributed by atoms with Crippen molar-refractivity contribution in [1.82, 2.24) is 0 Å². The fraction of sp³-hybridized carbons (Fsp3) is 0.200. The van der Waals surface area contributed by atoms with Gasteiger partial charge >= 0.3 is 8.56 Å². The molecule has 0 saturated heterocycles. The molecule has 0 amide bonds. The van der Waals surface area contributed by atoms with Crippen LogP contribution in [0.1, 0.15) is 25.0 Å². The van der Waals surface area contributed by atoms with E-state index in [1.165, 1.54) is 0 Å². The fourth-order valence-corrected chi connectivity index (χ4v) is 3.84. The Morgan fingerprint density at radius 1 is 0.696 bits per heavy atom. The van der Waals surface area contributed by atoms with E-state index < -0.39 is 8.56 Å². The standard InChI is InChI=1S/C20H20O2Si/c1-3-21-23(22-4-2,17-15-19-11-7-5-8-12-19)18-16-20-13-9-6-10-14-20/h5-14H,3-4H2,1-2H3. The molecule has 116 valence electrons. The molecule has 0 fully saturated rings. The van der Waals surface area contributed by atoms with Crippen LogP contribution in [-0.4, -0.2) is 21.8 Å². The highest BCUT2D eigenvalue weighted by atomic mass is 28.4. The van der Waals surface area contributed by atoms with Crippen LogP contribution in [0.5, 0.6) is 0 Å². The highest BCUT2D eigenvalue weighted by molar-refractivity contribution is 6.83. The zero-order valence-corrected chi connectivity index (χ0v) is 14.5. The molecule has 0 aliphatic heterocycles. The van der Waals surface area contributed by atoms with E-state index in [-0.39, 0.29) is 0 Å². The lowest BCUT2D eigenvalue weighted by Gasteiger charge is -2.18. The van der Waals surface area contributed by atoms with Gasteiger partial charge in [-0.2, -0.15) is 0 Å². The summed E-state index contributed by atoms with van der Waals surface area (Å²) in [7, 11) is -2.88. The van der Waals surface area contributed by atoms with Gasteiger partial charge in [0.05, 0.1) is 0 Å². The van der Waals surface area contributed by atoms with Gasteiger partial charge in [-0.15, -0.1) is 0 Å². The third-order valence-electron chi connectivity index (χ3n) is 2.99. The Hall–Kier alpha value is -2.30. The maximum absolute atomic E-state index is 5.88. The van der Waals surface area contributed by atoms with Gasteiger partial charge in [0.25, 0.3) is 0 Å². The Balaban J connectivity index is 2.36. The largest absolute Gasteiger partial charge is 0.511 e. The summed E-state index contributed by atoms with van der Waals surface area (Å²) in [6.07, 6.45) is 0. The quantitative estimate of drug-likeness (QED) is 0.632. The van der Waals surface area contributed by atoms with E-state index in [1.54, 1.807) is 0 Å². The van der Waals surface area contributed by atoms with E-state index in [0.717, 1.165) is 11.1 Å². The minimum absolute atomic E-state index is 0.527. The van der Waals surface area contributed by atoms with Crippen molar-refractivity contribution in [3.05, 3.63) is 71.8 Å². The molecule has 0 saturated carbocycles. The number of hydrogen-bond acceptors (Lipinski definition) is 2. The van der Waals surface area contributed by atoms with Crippen molar-refractivity contribution in [1.29, 1.82) is 0 Å². The maximum atomic E-state index is 5.88. The molecule has 3 heteroatoms. The summed E-state index contributed by atoms with van der Waals surface area (Å²) < 4.78 is 11.8. The molecule has 0 radical (unpaired) electrons. The van der Waals surface area contributed by atoms with Crippen molar-refractivity contribution >= 4 is 8.56 Å². The van der Waals surface area contributed by atoms with Crippen LogP contribution in [0.15, 0.2) is 60.7 Å². The van der Waals surface area contributed by atoms with Crippen molar-refractivity contribution < 1.29 is 8.85 Å². The SMILES string of the molecule is CCO[Si](C#Cc1ccccc1)(C#Cc1ccccc1)OCC. The molecule has 0 bridgehead atoms. The minimum atomic E-state index is -2.88. The van der Waals surface area contributed by atoms with Crippen LogP contribution in [0.25, 0.3) is 0 Å². The molecule has 0 spiro atoms. The van der Waals surface area contributed by atoms with Gasteiger partial charge in [0.15, 0.2) is 0 Å². The van der Waals surface area contributed by atoms with Gasteiger partial charge in [-0.25, -0.2) is 0 Å². The van der Waals surface area contributed by atoms with E-state index >= 15 is 0 Å². The summed E-state index contributed by atoms with van der Waals surface area (Å²) in [6, 6.07) is 19.7. The Labute approximate surface area is 139 Å². The van der Waals surface area contributed by atoms with E-state index in [2.05, 4.69) is 22.9 Å². The first-order chi connectivity index (χ1) is 11.3. The summed E-state index contributed by atoms with van der Waals surface area (Å²) in [4.78, 5) is 0. The zero-order chi connectivity index (χ0) is 16.4. The molecule has 2 rings (SSSR count). The predicted octanol–water partition coefficient (Wildman–Crippen LogP) is 3.68. The predicted molar refractivity (Wildman–Crippen MR) is 95.6 cm³/mol. The van der Waals surface area contributed by atoms with Crippen molar-refractivity contribution in [3.8, 4) is 22.9 Å². The first-order valence-electron chi connectivity index (χ1n) is 7.72. The van der Waals surface area contributed by atoms with Gasteiger partial charge in [-0.3, -0.25) is 0 Å². The molecule has 2 aromatic rings. The molecule has 0 heterocycles. The Morgan fingerprint density at radius 2 is 1.09 bits per heavy atom. The van der Waals surface area contributed by atoms with Gasteiger partial charge < -0.3 is 8.85 Å². The second-order valence-electron chi connectivity index (χ2n) is 4.71. The zero-order valence-electron chi connectivity index (χ0n) is 13.5. The molecule has 0 aliphatic carbocycles. The molecule has 0 aromatic heterocycles. The highest BCUT2D eigenvalue weighted by Gasteiger charge is 2.34. The van der Waals surface area contributed by atoms with Gasteiger partial charge in [0, 0.05) is 24.3 Å². The van der Waals surface area contributed by atoms with E-state index in [1.807, 2.05) is 74.5 Å². The summed E-state index contributed by atoms with van der Waals surface area (Å²) in [5, 5.41) is 0. The Kier molecular flexibility index (Phi) is 6.66. The summed E-state index contributed by atoms with van der Waals surface area (Å²) >= 11 is 0. The molecule has 0 unspecified atom stereocenters. The van der Waals surface area contributed by atoms with Gasteiger partial charge in [-0.1, -0.05) is 59.3 Å². The summed E-state index contributed by atoms with van der Waals surface area (Å²) in [5.74, 6) is 6.30. The average Bonchev–Trinajstić information content (AvgIpc) is 2.60. The van der Waals surface area contributed by atoms with Crippen LogP contribution in [0.4, 0.5) is 0 Å². The van der Waals surface area contributed by atoms with Crippen LogP contribution in [0, 0.1) is 22.9 Å². The first-order valence-corrected chi connectivity index (χ1v) is 9.54. The Morgan fingerprint density at radius 3 is 1.43 bits per heavy atom. The van der Waals surface area contributed by atoms with E-state index in [4.69, 9.17) is 8.85 Å². The lowest BCUT2D eigenvalue weighted by Crippen LogP contribution is -2.40. The van der Waals surface area contributed by atoms with Gasteiger partial charge in [-0.05, 0) is 38.1 Å². The second-order valence-corrected chi connectivity index (χ2v) is 7.03.